The average Bonchev–Trinajstić information content (AvgIpc) is 2.48. The largest absolute Gasteiger partial charge is 0.323 e. The van der Waals surface area contributed by atoms with Crippen LogP contribution in [-0.2, 0) is 0 Å². The number of nitrogens with zero attached hydrogens (tertiary/aromatic N) is 1. The number of hydrogen-bond acceptors (Lipinski definition) is 3. The van der Waals surface area contributed by atoms with Gasteiger partial charge in [-0.25, -0.2) is 4.79 Å². The van der Waals surface area contributed by atoms with Crippen molar-refractivity contribution in [1.29, 1.82) is 5.41 Å². The first kappa shape index (κ1) is 11.8. The molecule has 2 aliphatic heterocycles. The highest BCUT2D eigenvalue weighted by Crippen LogP contribution is 2.41. The molecule has 1 spiro atoms. The maximum Gasteiger partial charge on any atom is 0.323 e. The molecular formula is C11H19N3OS. The fraction of sp³-hybridized carbons (Fsp3) is 0.818. The number of hydrogen-bond donors (Lipinski definition) is 2. The van der Waals surface area contributed by atoms with Crippen molar-refractivity contribution in [2.24, 2.45) is 0 Å². The van der Waals surface area contributed by atoms with Crippen molar-refractivity contribution in [3.05, 3.63) is 0 Å². The molecule has 0 aromatic rings. The molecule has 2 amide bonds. The van der Waals surface area contributed by atoms with Gasteiger partial charge in [0.15, 0.2) is 0 Å². The lowest BCUT2D eigenvalue weighted by Gasteiger charge is -2.43. The summed E-state index contributed by atoms with van der Waals surface area (Å²) < 4.78 is 0. The van der Waals surface area contributed by atoms with E-state index in [4.69, 9.17) is 5.41 Å². The van der Waals surface area contributed by atoms with Gasteiger partial charge in [-0.1, -0.05) is 13.8 Å². The quantitative estimate of drug-likeness (QED) is 0.777. The van der Waals surface area contributed by atoms with Crippen LogP contribution in [0.4, 0.5) is 4.79 Å². The van der Waals surface area contributed by atoms with Crippen LogP contribution < -0.4 is 5.32 Å². The Morgan fingerprint density at radius 3 is 3.06 bits per heavy atom. The molecule has 0 aliphatic carbocycles. The zero-order valence-electron chi connectivity index (χ0n) is 9.88. The van der Waals surface area contributed by atoms with E-state index in [9.17, 15) is 4.79 Å². The zero-order chi connectivity index (χ0) is 11.8. The average molecular weight is 241 g/mol. The predicted octanol–water partition coefficient (Wildman–Crippen LogP) is 2.05. The molecule has 2 atom stereocenters. The molecule has 2 aliphatic rings. The summed E-state index contributed by atoms with van der Waals surface area (Å²) >= 11 is 1.87. The molecule has 2 heterocycles. The molecule has 4 nitrogen and oxygen atoms in total. The summed E-state index contributed by atoms with van der Waals surface area (Å²) in [6, 6.07) is -0.0822. The predicted molar refractivity (Wildman–Crippen MR) is 67.1 cm³/mol. The molecular weight excluding hydrogens is 222 g/mol. The van der Waals surface area contributed by atoms with Crippen molar-refractivity contribution in [2.45, 2.75) is 43.9 Å². The molecule has 2 saturated heterocycles. The third kappa shape index (κ3) is 1.52. The molecule has 0 aromatic heterocycles. The van der Waals surface area contributed by atoms with Gasteiger partial charge in [0.1, 0.15) is 11.4 Å². The third-order valence-electron chi connectivity index (χ3n) is 3.58. The Bertz CT molecular complexity index is 320. The molecule has 0 aromatic carbocycles. The van der Waals surface area contributed by atoms with Gasteiger partial charge in [-0.05, 0) is 25.0 Å². The first-order chi connectivity index (χ1) is 7.63. The van der Waals surface area contributed by atoms with E-state index < -0.39 is 0 Å². The molecule has 16 heavy (non-hydrogen) atoms. The fourth-order valence-corrected chi connectivity index (χ4v) is 4.05. The van der Waals surface area contributed by atoms with Crippen LogP contribution in [0.15, 0.2) is 0 Å². The summed E-state index contributed by atoms with van der Waals surface area (Å²) in [5, 5.41) is 11.1. The van der Waals surface area contributed by atoms with Crippen LogP contribution in [-0.4, -0.2) is 39.9 Å². The van der Waals surface area contributed by atoms with Crippen LogP contribution in [0, 0.1) is 5.41 Å². The van der Waals surface area contributed by atoms with E-state index in [-0.39, 0.29) is 11.6 Å². The van der Waals surface area contributed by atoms with E-state index in [1.165, 1.54) is 0 Å². The Morgan fingerprint density at radius 1 is 1.69 bits per heavy atom. The van der Waals surface area contributed by atoms with Gasteiger partial charge >= 0.3 is 6.03 Å². The van der Waals surface area contributed by atoms with Gasteiger partial charge in [-0.15, -0.1) is 0 Å². The van der Waals surface area contributed by atoms with E-state index in [0.29, 0.717) is 11.1 Å². The van der Waals surface area contributed by atoms with Crippen molar-refractivity contribution in [2.75, 3.05) is 12.3 Å². The fourth-order valence-electron chi connectivity index (χ4n) is 2.75. The summed E-state index contributed by atoms with van der Waals surface area (Å²) in [6.07, 6.45) is 2.96. The first-order valence-corrected chi connectivity index (χ1v) is 6.97. The van der Waals surface area contributed by atoms with Crippen LogP contribution in [0.1, 0.15) is 33.1 Å². The number of amidine groups is 1. The maximum absolute atomic E-state index is 11.9. The second kappa shape index (κ2) is 4.28. The number of carbonyl (C=O) groups excluding carboxylic acids is 1. The van der Waals surface area contributed by atoms with Crippen LogP contribution in [0.25, 0.3) is 0 Å². The first-order valence-electron chi connectivity index (χ1n) is 5.92. The topological polar surface area (TPSA) is 56.2 Å². The van der Waals surface area contributed by atoms with Gasteiger partial charge in [0.05, 0.1) is 0 Å². The Kier molecular flexibility index (Phi) is 3.15. The Labute approximate surface area is 101 Å². The minimum atomic E-state index is -0.351. The molecule has 0 bridgehead atoms. The van der Waals surface area contributed by atoms with Gasteiger partial charge < -0.3 is 4.90 Å². The maximum atomic E-state index is 11.9. The van der Waals surface area contributed by atoms with E-state index in [1.54, 1.807) is 0 Å². The Balaban J connectivity index is 2.33. The van der Waals surface area contributed by atoms with E-state index in [2.05, 4.69) is 19.2 Å². The number of urea groups is 1. The molecule has 2 N–H and O–H groups in total. The molecule has 2 fully saturated rings. The number of carbonyl (C=O) groups is 1. The second-order valence-corrected chi connectivity index (χ2v) is 5.95. The SMILES string of the molecule is CCCN1C(=O)NC(=N)C12CCCSC2C. The summed E-state index contributed by atoms with van der Waals surface area (Å²) in [4.78, 5) is 13.7. The molecule has 2 unspecified atom stereocenters. The standard InChI is InChI=1S/C11H19N3OS/c1-3-6-14-10(15)13-9(12)11(14)5-4-7-16-8(11)2/h8H,3-7H2,1-2H3,(H2,12,13,15). The molecule has 90 valence electrons. The van der Waals surface area contributed by atoms with Gasteiger partial charge in [-0.2, -0.15) is 11.8 Å². The smallest absolute Gasteiger partial charge is 0.311 e. The highest BCUT2D eigenvalue weighted by atomic mass is 32.2. The molecule has 2 rings (SSSR count). The van der Waals surface area contributed by atoms with Gasteiger partial charge in [0.2, 0.25) is 0 Å². The highest BCUT2D eigenvalue weighted by molar-refractivity contribution is 8.00. The van der Waals surface area contributed by atoms with Crippen LogP contribution >= 0.6 is 11.8 Å². The normalized spacial score (nSPS) is 34.6. The third-order valence-corrected chi connectivity index (χ3v) is 5.00. The van der Waals surface area contributed by atoms with Crippen molar-refractivity contribution < 1.29 is 4.79 Å². The number of nitrogens with one attached hydrogen (secondary N) is 2. The molecule has 5 heteroatoms. The lowest BCUT2D eigenvalue weighted by molar-refractivity contribution is 0.164. The van der Waals surface area contributed by atoms with Gasteiger partial charge in [0, 0.05) is 11.8 Å². The minimum Gasteiger partial charge on any atom is -0.311 e. The minimum absolute atomic E-state index is 0.0822. The van der Waals surface area contributed by atoms with Crippen molar-refractivity contribution in [3.8, 4) is 0 Å². The van der Waals surface area contributed by atoms with Crippen LogP contribution in [0.3, 0.4) is 0 Å². The summed E-state index contributed by atoms with van der Waals surface area (Å²) in [6.45, 7) is 4.96. The summed E-state index contributed by atoms with van der Waals surface area (Å²) in [5.41, 5.74) is -0.351. The lowest BCUT2D eigenvalue weighted by atomic mass is 9.87. The van der Waals surface area contributed by atoms with Gasteiger partial charge in [-0.3, -0.25) is 10.7 Å². The number of rotatable bonds is 2. The van der Waals surface area contributed by atoms with Crippen molar-refractivity contribution in [1.82, 2.24) is 10.2 Å². The van der Waals surface area contributed by atoms with Crippen molar-refractivity contribution >= 4 is 23.6 Å². The summed E-state index contributed by atoms with van der Waals surface area (Å²) in [7, 11) is 0. The second-order valence-electron chi connectivity index (χ2n) is 4.50. The Hall–Kier alpha value is -0.710. The van der Waals surface area contributed by atoms with Gasteiger partial charge in [0.25, 0.3) is 0 Å². The molecule has 0 saturated carbocycles. The van der Waals surface area contributed by atoms with E-state index in [0.717, 1.165) is 31.6 Å². The number of amides is 2. The van der Waals surface area contributed by atoms with Crippen LogP contribution in [0.2, 0.25) is 0 Å². The summed E-state index contributed by atoms with van der Waals surface area (Å²) in [5.74, 6) is 1.55. The number of thioether (sulfide) groups is 1. The molecule has 0 radical (unpaired) electrons. The van der Waals surface area contributed by atoms with E-state index in [1.807, 2.05) is 16.7 Å². The lowest BCUT2D eigenvalue weighted by Crippen LogP contribution is -2.57. The highest BCUT2D eigenvalue weighted by Gasteiger charge is 2.54. The zero-order valence-corrected chi connectivity index (χ0v) is 10.7. The van der Waals surface area contributed by atoms with Crippen LogP contribution in [0.5, 0.6) is 0 Å². The monoisotopic (exact) mass is 241 g/mol. The Morgan fingerprint density at radius 2 is 2.44 bits per heavy atom. The van der Waals surface area contributed by atoms with E-state index >= 15 is 0 Å². The van der Waals surface area contributed by atoms with Crippen molar-refractivity contribution in [3.63, 3.8) is 0 Å².